The van der Waals surface area contributed by atoms with Crippen molar-refractivity contribution in [1.82, 2.24) is 9.88 Å². The first-order valence-corrected chi connectivity index (χ1v) is 7.73. The Morgan fingerprint density at radius 3 is 2.50 bits per heavy atom. The molecular weight excluding hydrogens is 279 g/mol. The number of nitrogens with zero attached hydrogens (tertiary/aromatic N) is 2. The first kappa shape index (κ1) is 13.4. The van der Waals surface area contributed by atoms with Crippen molar-refractivity contribution in [2.75, 3.05) is 13.1 Å². The number of benzene rings is 1. The molecule has 1 saturated heterocycles. The van der Waals surface area contributed by atoms with Crippen molar-refractivity contribution in [3.05, 3.63) is 54.0 Å². The predicted molar refractivity (Wildman–Crippen MR) is 81.7 cm³/mol. The number of pyridine rings is 1. The van der Waals surface area contributed by atoms with Gasteiger partial charge in [-0.15, -0.1) is 0 Å². The normalized spacial score (nSPS) is 23.0. The summed E-state index contributed by atoms with van der Waals surface area (Å²) in [5.41, 5.74) is 2.86. The molecule has 1 aliphatic heterocycles. The van der Waals surface area contributed by atoms with Crippen LogP contribution in [0, 0.1) is 11.7 Å². The first-order valence-electron chi connectivity index (χ1n) is 7.73. The minimum absolute atomic E-state index is 0.152. The van der Waals surface area contributed by atoms with E-state index in [1.165, 1.54) is 12.1 Å². The van der Waals surface area contributed by atoms with Crippen LogP contribution in [0.2, 0.25) is 0 Å². The number of rotatable bonds is 3. The second kappa shape index (κ2) is 5.20. The van der Waals surface area contributed by atoms with Crippen molar-refractivity contribution >= 4 is 5.91 Å². The van der Waals surface area contributed by atoms with E-state index in [0.717, 1.165) is 42.8 Å². The van der Waals surface area contributed by atoms with E-state index in [4.69, 9.17) is 0 Å². The molecular formula is C18H17FN2O. The summed E-state index contributed by atoms with van der Waals surface area (Å²) < 4.78 is 12.9. The highest BCUT2D eigenvalue weighted by Crippen LogP contribution is 2.48. The highest BCUT2D eigenvalue weighted by molar-refractivity contribution is 5.83. The minimum atomic E-state index is -0.245. The van der Waals surface area contributed by atoms with Crippen LogP contribution in [-0.2, 0) is 4.79 Å². The summed E-state index contributed by atoms with van der Waals surface area (Å²) in [6.07, 6.45) is 3.93. The third-order valence-corrected chi connectivity index (χ3v) is 4.63. The lowest BCUT2D eigenvalue weighted by Crippen LogP contribution is -2.43. The molecule has 0 radical (unpaired) electrons. The van der Waals surface area contributed by atoms with Gasteiger partial charge in [-0.05, 0) is 54.7 Å². The van der Waals surface area contributed by atoms with Gasteiger partial charge >= 0.3 is 0 Å². The third kappa shape index (κ3) is 2.39. The van der Waals surface area contributed by atoms with E-state index >= 15 is 0 Å². The van der Waals surface area contributed by atoms with Gasteiger partial charge in [0.2, 0.25) is 5.91 Å². The SMILES string of the molecule is O=C([C@H]1C[C@@H]1c1ccc(-c2ccc(F)cc2)nc1)N1CCC1. The van der Waals surface area contributed by atoms with Gasteiger partial charge in [0, 0.05) is 30.8 Å². The van der Waals surface area contributed by atoms with Crippen LogP contribution in [0.5, 0.6) is 0 Å². The Hall–Kier alpha value is -2.23. The molecule has 1 amide bonds. The van der Waals surface area contributed by atoms with Gasteiger partial charge in [-0.2, -0.15) is 0 Å². The van der Waals surface area contributed by atoms with E-state index in [1.54, 1.807) is 12.1 Å². The van der Waals surface area contributed by atoms with E-state index in [1.807, 2.05) is 23.2 Å². The van der Waals surface area contributed by atoms with Crippen LogP contribution in [0.3, 0.4) is 0 Å². The fourth-order valence-corrected chi connectivity index (χ4v) is 3.02. The fourth-order valence-electron chi connectivity index (χ4n) is 3.02. The first-order chi connectivity index (χ1) is 10.7. The molecule has 2 atom stereocenters. The van der Waals surface area contributed by atoms with Crippen LogP contribution >= 0.6 is 0 Å². The van der Waals surface area contributed by atoms with Gasteiger partial charge in [0.1, 0.15) is 5.82 Å². The third-order valence-electron chi connectivity index (χ3n) is 4.63. The van der Waals surface area contributed by atoms with Crippen LogP contribution in [-0.4, -0.2) is 28.9 Å². The lowest BCUT2D eigenvalue weighted by Gasteiger charge is -2.31. The average Bonchev–Trinajstić information content (AvgIpc) is 3.27. The zero-order valence-electron chi connectivity index (χ0n) is 12.2. The number of hydrogen-bond acceptors (Lipinski definition) is 2. The van der Waals surface area contributed by atoms with E-state index in [9.17, 15) is 9.18 Å². The summed E-state index contributed by atoms with van der Waals surface area (Å²) in [5.74, 6) is 0.534. The number of likely N-dealkylation sites (tertiary alicyclic amines) is 1. The van der Waals surface area contributed by atoms with Gasteiger partial charge in [-0.3, -0.25) is 9.78 Å². The Morgan fingerprint density at radius 2 is 1.91 bits per heavy atom. The standard InChI is InChI=1S/C18H17FN2O/c19-14-5-2-12(3-6-14)17-7-4-13(11-20-17)15-10-16(15)18(22)21-8-1-9-21/h2-7,11,15-16H,1,8-10H2/t15-,16+/m1/s1. The van der Waals surface area contributed by atoms with Crippen molar-refractivity contribution in [2.45, 2.75) is 18.8 Å². The Morgan fingerprint density at radius 1 is 1.14 bits per heavy atom. The number of aromatic nitrogens is 1. The molecule has 0 spiro atoms. The molecule has 2 aromatic rings. The molecule has 0 unspecified atom stereocenters. The van der Waals surface area contributed by atoms with Crippen LogP contribution in [0.1, 0.15) is 24.3 Å². The maximum absolute atomic E-state index is 12.9. The molecule has 1 aliphatic carbocycles. The van der Waals surface area contributed by atoms with Gasteiger partial charge in [0.25, 0.3) is 0 Å². The lowest BCUT2D eigenvalue weighted by molar-refractivity contribution is -0.136. The van der Waals surface area contributed by atoms with Crippen molar-refractivity contribution in [3.63, 3.8) is 0 Å². The Balaban J connectivity index is 1.46. The summed E-state index contributed by atoms with van der Waals surface area (Å²) >= 11 is 0. The largest absolute Gasteiger partial charge is 0.342 e. The predicted octanol–water partition coefficient (Wildman–Crippen LogP) is 3.22. The Kier molecular flexibility index (Phi) is 3.17. The van der Waals surface area contributed by atoms with Gasteiger partial charge in [0.15, 0.2) is 0 Å². The van der Waals surface area contributed by atoms with Crippen LogP contribution in [0.25, 0.3) is 11.3 Å². The van der Waals surface area contributed by atoms with Gasteiger partial charge in [-0.25, -0.2) is 4.39 Å². The van der Waals surface area contributed by atoms with Gasteiger partial charge in [0.05, 0.1) is 5.69 Å². The van der Waals surface area contributed by atoms with E-state index in [0.29, 0.717) is 11.8 Å². The second-order valence-corrected chi connectivity index (χ2v) is 6.11. The molecule has 1 saturated carbocycles. The molecule has 3 nitrogen and oxygen atoms in total. The molecule has 4 rings (SSSR count). The van der Waals surface area contributed by atoms with Crippen molar-refractivity contribution in [2.24, 2.45) is 5.92 Å². The molecule has 2 fully saturated rings. The average molecular weight is 296 g/mol. The zero-order valence-corrected chi connectivity index (χ0v) is 12.2. The zero-order chi connectivity index (χ0) is 15.1. The smallest absolute Gasteiger partial charge is 0.226 e. The summed E-state index contributed by atoms with van der Waals surface area (Å²) in [7, 11) is 0. The van der Waals surface area contributed by atoms with Crippen molar-refractivity contribution in [1.29, 1.82) is 0 Å². The molecule has 1 aromatic heterocycles. The molecule has 4 heteroatoms. The quantitative estimate of drug-likeness (QED) is 0.871. The topological polar surface area (TPSA) is 33.2 Å². The summed E-state index contributed by atoms with van der Waals surface area (Å²) in [4.78, 5) is 18.6. The fraction of sp³-hybridized carbons (Fsp3) is 0.333. The second-order valence-electron chi connectivity index (χ2n) is 6.11. The molecule has 1 aromatic carbocycles. The summed E-state index contributed by atoms with van der Waals surface area (Å²) in [6, 6.07) is 10.3. The van der Waals surface area contributed by atoms with Gasteiger partial charge in [-0.1, -0.05) is 6.07 Å². The number of hydrogen-bond donors (Lipinski definition) is 0. The minimum Gasteiger partial charge on any atom is -0.342 e. The maximum Gasteiger partial charge on any atom is 0.226 e. The summed E-state index contributed by atoms with van der Waals surface area (Å²) in [6.45, 7) is 1.84. The Labute approximate surface area is 128 Å². The molecule has 2 heterocycles. The summed E-state index contributed by atoms with van der Waals surface area (Å²) in [5, 5.41) is 0. The number of halogens is 1. The molecule has 112 valence electrons. The highest BCUT2D eigenvalue weighted by atomic mass is 19.1. The molecule has 0 N–H and O–H groups in total. The van der Waals surface area contributed by atoms with Crippen molar-refractivity contribution < 1.29 is 9.18 Å². The van der Waals surface area contributed by atoms with Crippen LogP contribution in [0.4, 0.5) is 4.39 Å². The number of carbonyl (C=O) groups is 1. The lowest BCUT2D eigenvalue weighted by atomic mass is 10.1. The van der Waals surface area contributed by atoms with E-state index < -0.39 is 0 Å². The maximum atomic E-state index is 12.9. The van der Waals surface area contributed by atoms with Crippen LogP contribution in [0.15, 0.2) is 42.6 Å². The van der Waals surface area contributed by atoms with Gasteiger partial charge < -0.3 is 4.90 Å². The van der Waals surface area contributed by atoms with Crippen LogP contribution < -0.4 is 0 Å². The number of amides is 1. The number of carbonyl (C=O) groups excluding carboxylic acids is 1. The van der Waals surface area contributed by atoms with E-state index in [2.05, 4.69) is 4.98 Å². The van der Waals surface area contributed by atoms with E-state index in [-0.39, 0.29) is 11.7 Å². The molecule has 2 aliphatic rings. The monoisotopic (exact) mass is 296 g/mol. The highest BCUT2D eigenvalue weighted by Gasteiger charge is 2.46. The Bertz CT molecular complexity index is 692. The molecule has 0 bridgehead atoms. The molecule has 22 heavy (non-hydrogen) atoms. The van der Waals surface area contributed by atoms with Crippen molar-refractivity contribution in [3.8, 4) is 11.3 Å².